The van der Waals surface area contributed by atoms with Crippen LogP contribution < -0.4 is 0 Å². The Balaban J connectivity index is 1.98. The highest BCUT2D eigenvalue weighted by molar-refractivity contribution is 7.98. The number of aromatic hydroxyl groups is 1. The van der Waals surface area contributed by atoms with Crippen molar-refractivity contribution in [1.29, 1.82) is 0 Å². The number of benzene rings is 2. The van der Waals surface area contributed by atoms with Gasteiger partial charge in [0.05, 0.1) is 0 Å². The molecular formula is C19H24OS. The van der Waals surface area contributed by atoms with Gasteiger partial charge < -0.3 is 5.11 Å². The Labute approximate surface area is 132 Å². The van der Waals surface area contributed by atoms with Gasteiger partial charge in [0.25, 0.3) is 0 Å². The van der Waals surface area contributed by atoms with E-state index in [4.69, 9.17) is 0 Å². The van der Waals surface area contributed by atoms with Crippen LogP contribution in [0.25, 0.3) is 0 Å². The number of hydrogen-bond acceptors (Lipinski definition) is 2. The molecule has 0 bridgehead atoms. The highest BCUT2D eigenvalue weighted by Gasteiger charge is 2.06. The zero-order valence-corrected chi connectivity index (χ0v) is 14.0. The second-order valence-corrected chi connectivity index (χ2v) is 6.56. The number of phenolic OH excluding ortho intramolecular Hbond substituents is 1. The Kier molecular flexibility index (Phi) is 5.75. The summed E-state index contributed by atoms with van der Waals surface area (Å²) < 4.78 is 0. The van der Waals surface area contributed by atoms with E-state index in [1.165, 1.54) is 40.8 Å². The number of unbranched alkanes of at least 4 members (excludes halogenated alkanes) is 1. The minimum atomic E-state index is 0.386. The van der Waals surface area contributed by atoms with E-state index >= 15 is 0 Å². The fourth-order valence-electron chi connectivity index (χ4n) is 2.28. The van der Waals surface area contributed by atoms with Crippen molar-refractivity contribution in [3.8, 4) is 5.75 Å². The molecule has 112 valence electrons. The molecule has 1 nitrogen and oxygen atoms in total. The van der Waals surface area contributed by atoms with Crippen molar-refractivity contribution in [2.75, 3.05) is 0 Å². The van der Waals surface area contributed by atoms with Gasteiger partial charge in [-0.1, -0.05) is 37.6 Å². The summed E-state index contributed by atoms with van der Waals surface area (Å²) in [5.74, 6) is 1.36. The molecule has 0 spiro atoms. The highest BCUT2D eigenvalue weighted by Crippen LogP contribution is 2.31. The van der Waals surface area contributed by atoms with Crippen LogP contribution in [0.2, 0.25) is 0 Å². The zero-order valence-electron chi connectivity index (χ0n) is 13.1. The number of rotatable bonds is 6. The van der Waals surface area contributed by atoms with Crippen LogP contribution in [0, 0.1) is 13.8 Å². The molecule has 21 heavy (non-hydrogen) atoms. The van der Waals surface area contributed by atoms with Gasteiger partial charge in [-0.05, 0) is 61.1 Å². The number of thioether (sulfide) groups is 1. The van der Waals surface area contributed by atoms with Gasteiger partial charge in [-0.3, -0.25) is 0 Å². The minimum absolute atomic E-state index is 0.386. The van der Waals surface area contributed by atoms with Crippen LogP contribution in [0.5, 0.6) is 5.75 Å². The lowest BCUT2D eigenvalue weighted by Crippen LogP contribution is -1.89. The van der Waals surface area contributed by atoms with Gasteiger partial charge in [0.1, 0.15) is 5.75 Å². The predicted molar refractivity (Wildman–Crippen MR) is 92.2 cm³/mol. The van der Waals surface area contributed by atoms with Gasteiger partial charge in [0.2, 0.25) is 0 Å². The Bertz CT molecular complexity index is 587. The minimum Gasteiger partial charge on any atom is -0.508 e. The molecule has 2 aromatic carbocycles. The maximum atomic E-state index is 9.70. The lowest BCUT2D eigenvalue weighted by Gasteiger charge is -2.10. The molecule has 0 atom stereocenters. The average Bonchev–Trinajstić information content (AvgIpc) is 2.51. The molecule has 0 aliphatic carbocycles. The first-order chi connectivity index (χ1) is 10.1. The maximum Gasteiger partial charge on any atom is 0.118 e. The van der Waals surface area contributed by atoms with Crippen molar-refractivity contribution in [3.63, 3.8) is 0 Å². The lowest BCUT2D eigenvalue weighted by molar-refractivity contribution is 0.470. The van der Waals surface area contributed by atoms with Crippen LogP contribution in [0.3, 0.4) is 0 Å². The first-order valence-corrected chi connectivity index (χ1v) is 8.60. The molecule has 0 radical (unpaired) electrons. The molecule has 0 aliphatic heterocycles. The number of phenols is 1. The monoisotopic (exact) mass is 300 g/mol. The quantitative estimate of drug-likeness (QED) is 0.696. The molecule has 0 aliphatic rings. The van der Waals surface area contributed by atoms with Gasteiger partial charge in [-0.2, -0.15) is 0 Å². The summed E-state index contributed by atoms with van der Waals surface area (Å²) in [6, 6.07) is 12.8. The average molecular weight is 300 g/mol. The van der Waals surface area contributed by atoms with Crippen LogP contribution in [0.15, 0.2) is 41.3 Å². The molecule has 0 aromatic heterocycles. The first-order valence-electron chi connectivity index (χ1n) is 7.61. The standard InChI is InChI=1S/C19H24OS/c1-4-5-6-16-7-9-17(10-8-16)13-21-19-12-11-18(20)14(2)15(19)3/h7-12,20H,4-6,13H2,1-3H3. The Morgan fingerprint density at radius 3 is 2.24 bits per heavy atom. The third kappa shape index (κ3) is 4.28. The summed E-state index contributed by atoms with van der Waals surface area (Å²) in [5.41, 5.74) is 4.95. The van der Waals surface area contributed by atoms with Crippen LogP contribution in [0.1, 0.15) is 42.0 Å². The second kappa shape index (κ2) is 7.56. The molecule has 0 heterocycles. The predicted octanol–water partition coefficient (Wildman–Crippen LogP) is 5.64. The van der Waals surface area contributed by atoms with Crippen LogP contribution >= 0.6 is 11.8 Å². The van der Waals surface area contributed by atoms with Gasteiger partial charge in [0.15, 0.2) is 0 Å². The van der Waals surface area contributed by atoms with Crippen molar-refractivity contribution in [3.05, 3.63) is 58.7 Å². The molecule has 0 fully saturated rings. The van der Waals surface area contributed by atoms with Crippen molar-refractivity contribution in [2.24, 2.45) is 0 Å². The summed E-state index contributed by atoms with van der Waals surface area (Å²) in [5, 5.41) is 9.70. The zero-order chi connectivity index (χ0) is 15.2. The molecule has 0 unspecified atom stereocenters. The van der Waals surface area contributed by atoms with E-state index in [0.29, 0.717) is 5.75 Å². The summed E-state index contributed by atoms with van der Waals surface area (Å²) in [4.78, 5) is 1.25. The van der Waals surface area contributed by atoms with E-state index in [2.05, 4.69) is 38.1 Å². The Morgan fingerprint density at radius 1 is 0.905 bits per heavy atom. The molecular weight excluding hydrogens is 276 g/mol. The van der Waals surface area contributed by atoms with Gasteiger partial charge in [-0.25, -0.2) is 0 Å². The Morgan fingerprint density at radius 2 is 1.57 bits per heavy atom. The molecule has 2 aromatic rings. The summed E-state index contributed by atoms with van der Waals surface area (Å²) in [6.45, 7) is 6.27. The van der Waals surface area contributed by atoms with Gasteiger partial charge >= 0.3 is 0 Å². The molecule has 0 saturated carbocycles. The SMILES string of the molecule is CCCCc1ccc(CSc2ccc(O)c(C)c2C)cc1. The maximum absolute atomic E-state index is 9.70. The first kappa shape index (κ1) is 16.0. The number of aryl methyl sites for hydroxylation is 1. The fourth-order valence-corrected chi connectivity index (χ4v) is 3.33. The number of hydrogen-bond donors (Lipinski definition) is 1. The largest absolute Gasteiger partial charge is 0.508 e. The summed E-state index contributed by atoms with van der Waals surface area (Å²) >= 11 is 1.84. The van der Waals surface area contributed by atoms with Crippen LogP contribution in [0.4, 0.5) is 0 Å². The van der Waals surface area contributed by atoms with Crippen molar-refractivity contribution >= 4 is 11.8 Å². The highest BCUT2D eigenvalue weighted by atomic mass is 32.2. The van der Waals surface area contributed by atoms with Gasteiger partial charge in [-0.15, -0.1) is 11.8 Å². The second-order valence-electron chi connectivity index (χ2n) is 5.54. The van der Waals surface area contributed by atoms with Gasteiger partial charge in [0, 0.05) is 10.6 Å². The van der Waals surface area contributed by atoms with E-state index in [0.717, 1.165) is 11.3 Å². The lowest BCUT2D eigenvalue weighted by atomic mass is 10.1. The smallest absolute Gasteiger partial charge is 0.118 e. The third-order valence-corrected chi connectivity index (χ3v) is 5.18. The van der Waals surface area contributed by atoms with Crippen LogP contribution in [-0.2, 0) is 12.2 Å². The molecule has 0 saturated heterocycles. The normalized spacial score (nSPS) is 10.8. The summed E-state index contributed by atoms with van der Waals surface area (Å²) in [7, 11) is 0. The topological polar surface area (TPSA) is 20.2 Å². The van der Waals surface area contributed by atoms with Crippen molar-refractivity contribution < 1.29 is 5.11 Å². The molecule has 2 heteroatoms. The van der Waals surface area contributed by atoms with Crippen molar-refractivity contribution in [2.45, 2.75) is 50.7 Å². The fraction of sp³-hybridized carbons (Fsp3) is 0.368. The summed E-state index contributed by atoms with van der Waals surface area (Å²) in [6.07, 6.45) is 3.69. The third-order valence-electron chi connectivity index (χ3n) is 3.95. The van der Waals surface area contributed by atoms with E-state index < -0.39 is 0 Å². The molecule has 0 amide bonds. The Hall–Kier alpha value is -1.41. The van der Waals surface area contributed by atoms with E-state index in [-0.39, 0.29) is 0 Å². The van der Waals surface area contributed by atoms with E-state index in [1.54, 1.807) is 6.07 Å². The van der Waals surface area contributed by atoms with E-state index in [1.807, 2.05) is 24.8 Å². The van der Waals surface area contributed by atoms with Crippen LogP contribution in [-0.4, -0.2) is 5.11 Å². The van der Waals surface area contributed by atoms with E-state index in [9.17, 15) is 5.11 Å². The molecule has 2 rings (SSSR count). The van der Waals surface area contributed by atoms with Crippen molar-refractivity contribution in [1.82, 2.24) is 0 Å². The molecule has 1 N–H and O–H groups in total.